The van der Waals surface area contributed by atoms with Crippen LogP contribution in [0.5, 0.6) is 0 Å². The molecule has 0 spiro atoms. The van der Waals surface area contributed by atoms with Gasteiger partial charge in [-0.2, -0.15) is 0 Å². The third kappa shape index (κ3) is 12.2. The van der Waals surface area contributed by atoms with Gasteiger partial charge in [-0.15, -0.1) is 0 Å². The van der Waals surface area contributed by atoms with Crippen LogP contribution in [-0.4, -0.2) is 81.8 Å². The highest BCUT2D eigenvalue weighted by Crippen LogP contribution is 2.08. The van der Waals surface area contributed by atoms with Gasteiger partial charge in [-0.25, -0.2) is 4.79 Å². The average Bonchev–Trinajstić information content (AvgIpc) is 2.70. The fourth-order valence-corrected chi connectivity index (χ4v) is 2.87. The minimum Gasteiger partial charge on any atom is -0.481 e. The molecule has 0 saturated carbocycles. The zero-order chi connectivity index (χ0) is 25.7. The van der Waals surface area contributed by atoms with Crippen molar-refractivity contribution in [3.63, 3.8) is 0 Å². The Hall–Kier alpha value is -2.77. The number of hydrogen-bond donors (Lipinski definition) is 8. The molecule has 10 N–H and O–H groups in total. The van der Waals surface area contributed by atoms with Crippen molar-refractivity contribution >= 4 is 29.7 Å². The molecule has 13 nitrogen and oxygen atoms in total. The summed E-state index contributed by atoms with van der Waals surface area (Å²) >= 11 is 0. The lowest BCUT2D eigenvalue weighted by molar-refractivity contribution is -0.144. The van der Waals surface area contributed by atoms with Crippen LogP contribution >= 0.6 is 0 Å². The van der Waals surface area contributed by atoms with Crippen LogP contribution in [0.1, 0.15) is 52.9 Å². The maximum absolute atomic E-state index is 12.8. The first-order valence-electron chi connectivity index (χ1n) is 10.8. The van der Waals surface area contributed by atoms with Crippen LogP contribution in [0.2, 0.25) is 0 Å². The van der Waals surface area contributed by atoms with Gasteiger partial charge in [0.25, 0.3) is 0 Å². The quantitative estimate of drug-likeness (QED) is 0.113. The minimum atomic E-state index is -1.58. The van der Waals surface area contributed by atoms with E-state index in [-0.39, 0.29) is 18.8 Å². The first-order valence-corrected chi connectivity index (χ1v) is 10.8. The Labute approximate surface area is 192 Å². The molecule has 0 rings (SSSR count). The summed E-state index contributed by atoms with van der Waals surface area (Å²) in [5.74, 6) is -5.40. The Balaban J connectivity index is 5.48. The summed E-state index contributed by atoms with van der Waals surface area (Å²) in [6, 6.07) is -5.32. The lowest BCUT2D eigenvalue weighted by atomic mass is 10.0. The molecule has 0 aromatic carbocycles. The molecule has 0 heterocycles. The van der Waals surface area contributed by atoms with E-state index in [0.717, 1.165) is 0 Å². The largest absolute Gasteiger partial charge is 0.481 e. The summed E-state index contributed by atoms with van der Waals surface area (Å²) in [5, 5.41) is 34.9. The molecule has 0 radical (unpaired) electrons. The van der Waals surface area contributed by atoms with Gasteiger partial charge in [-0.1, -0.05) is 13.8 Å². The highest BCUT2D eigenvalue weighted by molar-refractivity contribution is 5.95. The van der Waals surface area contributed by atoms with E-state index in [1.165, 1.54) is 6.92 Å². The maximum atomic E-state index is 12.8. The van der Waals surface area contributed by atoms with Crippen molar-refractivity contribution in [1.29, 1.82) is 0 Å². The first-order chi connectivity index (χ1) is 15.3. The number of carbonyl (C=O) groups excluding carboxylic acids is 3. The Kier molecular flexibility index (Phi) is 13.9. The zero-order valence-corrected chi connectivity index (χ0v) is 19.2. The second-order valence-corrected chi connectivity index (χ2v) is 8.30. The van der Waals surface area contributed by atoms with Crippen molar-refractivity contribution in [3.05, 3.63) is 0 Å². The molecule has 0 aliphatic carbocycles. The summed E-state index contributed by atoms with van der Waals surface area (Å²) in [6.07, 6.45) is -0.791. The number of nitrogens with one attached hydrogen (secondary N) is 3. The smallest absolute Gasteiger partial charge is 0.326 e. The lowest BCUT2D eigenvalue weighted by Crippen LogP contribution is -2.58. The third-order valence-corrected chi connectivity index (χ3v) is 4.74. The van der Waals surface area contributed by atoms with Gasteiger partial charge in [0.2, 0.25) is 17.7 Å². The summed E-state index contributed by atoms with van der Waals surface area (Å²) in [5.41, 5.74) is 11.0. The Morgan fingerprint density at radius 2 is 1.33 bits per heavy atom. The van der Waals surface area contributed by atoms with Crippen molar-refractivity contribution in [2.24, 2.45) is 17.4 Å². The van der Waals surface area contributed by atoms with Gasteiger partial charge in [-0.3, -0.25) is 19.2 Å². The number of aliphatic hydroxyl groups is 1. The number of hydrogen-bond acceptors (Lipinski definition) is 8. The first kappa shape index (κ1) is 30.2. The molecule has 0 aromatic rings. The van der Waals surface area contributed by atoms with Crippen molar-refractivity contribution < 1.29 is 39.3 Å². The molecule has 0 aliphatic rings. The number of carboxylic acid groups (broad SMARTS) is 2. The van der Waals surface area contributed by atoms with E-state index in [1.54, 1.807) is 13.8 Å². The van der Waals surface area contributed by atoms with Gasteiger partial charge >= 0.3 is 11.9 Å². The van der Waals surface area contributed by atoms with Gasteiger partial charge in [-0.05, 0) is 45.1 Å². The number of unbranched alkanes of at least 4 members (excludes halogenated alkanes) is 1. The molecule has 0 saturated heterocycles. The summed E-state index contributed by atoms with van der Waals surface area (Å²) in [4.78, 5) is 60.3. The molecule has 0 bridgehead atoms. The van der Waals surface area contributed by atoms with Gasteiger partial charge in [0, 0.05) is 0 Å². The number of carbonyl (C=O) groups is 5. The van der Waals surface area contributed by atoms with Gasteiger partial charge in [0.1, 0.15) is 24.2 Å². The maximum Gasteiger partial charge on any atom is 0.326 e. The molecule has 0 aromatic heterocycles. The molecule has 33 heavy (non-hydrogen) atoms. The van der Waals surface area contributed by atoms with E-state index in [9.17, 15) is 34.2 Å². The van der Waals surface area contributed by atoms with Crippen LogP contribution in [0.3, 0.4) is 0 Å². The highest BCUT2D eigenvalue weighted by atomic mass is 16.4. The second-order valence-electron chi connectivity index (χ2n) is 8.30. The van der Waals surface area contributed by atoms with Crippen LogP contribution in [0.15, 0.2) is 0 Å². The number of nitrogens with two attached hydrogens (primary N) is 2. The summed E-state index contributed by atoms with van der Waals surface area (Å²) < 4.78 is 0. The van der Waals surface area contributed by atoms with Gasteiger partial charge in [0.15, 0.2) is 0 Å². The predicted octanol–water partition coefficient (Wildman–Crippen LogP) is -2.12. The van der Waals surface area contributed by atoms with E-state index >= 15 is 0 Å². The summed E-state index contributed by atoms with van der Waals surface area (Å²) in [7, 11) is 0. The van der Waals surface area contributed by atoms with E-state index in [4.69, 9.17) is 16.6 Å². The molecular weight excluding hydrogens is 438 g/mol. The van der Waals surface area contributed by atoms with Gasteiger partial charge in [0.05, 0.1) is 12.5 Å². The normalized spacial score (nSPS) is 15.6. The fourth-order valence-electron chi connectivity index (χ4n) is 2.87. The predicted molar refractivity (Wildman–Crippen MR) is 118 cm³/mol. The van der Waals surface area contributed by atoms with E-state index in [0.29, 0.717) is 19.4 Å². The lowest BCUT2D eigenvalue weighted by Gasteiger charge is -2.26. The Morgan fingerprint density at radius 3 is 1.79 bits per heavy atom. The average molecular weight is 476 g/mol. The highest BCUT2D eigenvalue weighted by Gasteiger charge is 2.32. The monoisotopic (exact) mass is 475 g/mol. The Bertz CT molecular complexity index is 685. The summed E-state index contributed by atoms with van der Waals surface area (Å²) in [6.45, 7) is 5.21. The molecule has 3 amide bonds. The topological polar surface area (TPSA) is 234 Å². The molecule has 5 atom stereocenters. The third-order valence-electron chi connectivity index (χ3n) is 4.74. The Morgan fingerprint density at radius 1 is 0.818 bits per heavy atom. The molecule has 0 fully saturated rings. The van der Waals surface area contributed by atoms with Crippen LogP contribution < -0.4 is 27.4 Å². The standard InChI is InChI=1S/C20H37N5O8/c1-10(2)8-13(25-19(31)16(22)11(3)26)17(29)24-14(9-15(27)28)18(30)23-12(20(32)33)6-4-5-7-21/h10-14,16,26H,4-9,21-22H2,1-3H3,(H,23,30)(H,24,29)(H,25,31)(H,27,28)(H,32,33). The van der Waals surface area contributed by atoms with Gasteiger partial charge < -0.3 is 42.7 Å². The van der Waals surface area contributed by atoms with Crippen molar-refractivity contribution in [2.45, 2.75) is 83.1 Å². The number of rotatable bonds is 16. The van der Waals surface area contributed by atoms with E-state index in [1.807, 2.05) is 0 Å². The van der Waals surface area contributed by atoms with Crippen LogP contribution in [-0.2, 0) is 24.0 Å². The van der Waals surface area contributed by atoms with Crippen molar-refractivity contribution in [3.8, 4) is 0 Å². The van der Waals surface area contributed by atoms with Crippen LogP contribution in [0, 0.1) is 5.92 Å². The zero-order valence-electron chi connectivity index (χ0n) is 19.2. The molecule has 190 valence electrons. The van der Waals surface area contributed by atoms with Crippen molar-refractivity contribution in [1.82, 2.24) is 16.0 Å². The number of aliphatic hydroxyl groups excluding tert-OH is 1. The number of carboxylic acids is 2. The SMILES string of the molecule is CC(C)CC(NC(=O)C(N)C(C)O)C(=O)NC(CC(=O)O)C(=O)NC(CCCCN)C(=O)O. The molecule has 0 aliphatic heterocycles. The van der Waals surface area contributed by atoms with E-state index < -0.39 is 66.4 Å². The van der Waals surface area contributed by atoms with Crippen molar-refractivity contribution in [2.75, 3.05) is 6.54 Å². The number of aliphatic carboxylic acids is 2. The minimum absolute atomic E-state index is 0.0745. The van der Waals surface area contributed by atoms with E-state index in [2.05, 4.69) is 16.0 Å². The second kappa shape index (κ2) is 15.1. The fraction of sp³-hybridized carbons (Fsp3) is 0.750. The molecule has 13 heteroatoms. The van der Waals surface area contributed by atoms with Crippen LogP contribution in [0.25, 0.3) is 0 Å². The molecule has 5 unspecified atom stereocenters. The van der Waals surface area contributed by atoms with Crippen LogP contribution in [0.4, 0.5) is 0 Å². The number of amides is 3. The molecular formula is C20H37N5O8.